The van der Waals surface area contributed by atoms with Gasteiger partial charge in [0.2, 0.25) is 0 Å². The van der Waals surface area contributed by atoms with Crippen LogP contribution in [0.3, 0.4) is 0 Å². The van der Waals surface area contributed by atoms with Crippen LogP contribution in [0.15, 0.2) is 46.7 Å². The molecule has 16 heavy (non-hydrogen) atoms. The van der Waals surface area contributed by atoms with Gasteiger partial charge in [-0.2, -0.15) is 0 Å². The third kappa shape index (κ3) is 3.60. The topological polar surface area (TPSA) is 63.3 Å². The Bertz CT molecular complexity index is 428. The van der Waals surface area contributed by atoms with Crippen molar-refractivity contribution in [2.45, 2.75) is 4.90 Å². The summed E-state index contributed by atoms with van der Waals surface area (Å²) >= 11 is 5.02. The van der Waals surface area contributed by atoms with Crippen molar-refractivity contribution in [3.8, 4) is 0 Å². The number of anilines is 1. The lowest BCUT2D eigenvalue weighted by Crippen LogP contribution is -1.97. The van der Waals surface area contributed by atoms with Crippen LogP contribution in [-0.4, -0.2) is 11.1 Å². The lowest BCUT2D eigenvalue weighted by molar-refractivity contribution is 0.0703. The van der Waals surface area contributed by atoms with Crippen molar-refractivity contribution in [2.24, 2.45) is 0 Å². The molecule has 84 valence electrons. The molecule has 0 radical (unpaired) electrons. The normalized spacial score (nSPS) is 9.06. The van der Waals surface area contributed by atoms with E-state index in [0.717, 1.165) is 11.3 Å². The minimum Gasteiger partial charge on any atom is -0.477 e. The van der Waals surface area contributed by atoms with Gasteiger partial charge in [-0.15, -0.1) is 24.0 Å². The fourth-order valence-corrected chi connectivity index (χ4v) is 1.95. The number of thiol groups is 1. The predicted octanol–water partition coefficient (Wildman–Crippen LogP) is 3.00. The third-order valence-electron chi connectivity index (χ3n) is 1.67. The monoisotopic (exact) mass is 253 g/mol. The number of hydrogen-bond acceptors (Lipinski definition) is 4. The van der Waals surface area contributed by atoms with Crippen LogP contribution in [-0.2, 0) is 0 Å². The fraction of sp³-hybridized carbons (Fsp3) is 0. The van der Waals surface area contributed by atoms with E-state index >= 15 is 0 Å². The van der Waals surface area contributed by atoms with Gasteiger partial charge in [-0.25, -0.2) is 4.79 Å². The second kappa shape index (κ2) is 6.19. The van der Waals surface area contributed by atoms with Crippen LogP contribution in [0.4, 0.5) is 5.69 Å². The van der Waals surface area contributed by atoms with Gasteiger partial charge in [-0.3, -0.25) is 0 Å². The number of hydrogen-bond donors (Lipinski definition) is 3. The average Bonchev–Trinajstić information content (AvgIpc) is 2.63. The van der Waals surface area contributed by atoms with E-state index in [1.165, 1.54) is 0 Å². The van der Waals surface area contributed by atoms with Gasteiger partial charge in [-0.05, 0) is 0 Å². The van der Waals surface area contributed by atoms with E-state index in [4.69, 9.17) is 10.8 Å². The first-order chi connectivity index (χ1) is 7.63. The summed E-state index contributed by atoms with van der Waals surface area (Å²) in [7, 11) is 0. The zero-order valence-corrected chi connectivity index (χ0v) is 10.0. The third-order valence-corrected chi connectivity index (χ3v) is 3.20. The lowest BCUT2D eigenvalue weighted by atomic mass is 10.4. The molecule has 0 atom stereocenters. The number of carboxylic acids is 1. The SMILES string of the molecule is Nc1c(S)csc1C(=O)O.c1ccccc1. The number of nitrogens with two attached hydrogens (primary N) is 1. The zero-order valence-electron chi connectivity index (χ0n) is 8.33. The Balaban J connectivity index is 0.000000181. The van der Waals surface area contributed by atoms with Gasteiger partial charge in [0, 0.05) is 10.3 Å². The first-order valence-electron chi connectivity index (χ1n) is 4.42. The van der Waals surface area contributed by atoms with E-state index in [-0.39, 0.29) is 10.6 Å². The Morgan fingerprint density at radius 3 is 1.81 bits per heavy atom. The number of carbonyl (C=O) groups is 1. The molecule has 5 heteroatoms. The number of rotatable bonds is 1. The molecule has 2 rings (SSSR count). The summed E-state index contributed by atoms with van der Waals surface area (Å²) in [4.78, 5) is 11.0. The van der Waals surface area contributed by atoms with E-state index in [1.807, 2.05) is 36.4 Å². The van der Waals surface area contributed by atoms with E-state index in [9.17, 15) is 4.79 Å². The standard InChI is InChI=1S/C6H6.C5H5NO2S2/c1-2-4-6-5-3-1;6-3-2(9)1-10-4(3)5(7)8/h1-6H;1,9H,6H2,(H,7,8). The highest BCUT2D eigenvalue weighted by molar-refractivity contribution is 7.80. The second-order valence-electron chi connectivity index (χ2n) is 2.82. The lowest BCUT2D eigenvalue weighted by Gasteiger charge is -1.89. The van der Waals surface area contributed by atoms with Crippen molar-refractivity contribution >= 4 is 35.6 Å². The molecular weight excluding hydrogens is 242 g/mol. The van der Waals surface area contributed by atoms with Crippen LogP contribution in [0.2, 0.25) is 0 Å². The van der Waals surface area contributed by atoms with E-state index in [2.05, 4.69) is 12.6 Å². The van der Waals surface area contributed by atoms with Crippen molar-refractivity contribution in [3.05, 3.63) is 46.7 Å². The Morgan fingerprint density at radius 2 is 1.62 bits per heavy atom. The smallest absolute Gasteiger partial charge is 0.348 e. The summed E-state index contributed by atoms with van der Waals surface area (Å²) in [5.41, 5.74) is 5.61. The number of nitrogen functional groups attached to an aromatic ring is 1. The Morgan fingerprint density at radius 1 is 1.19 bits per heavy atom. The van der Waals surface area contributed by atoms with Crippen molar-refractivity contribution in [1.29, 1.82) is 0 Å². The minimum atomic E-state index is -0.997. The van der Waals surface area contributed by atoms with Gasteiger partial charge in [0.05, 0.1) is 5.69 Å². The van der Waals surface area contributed by atoms with Gasteiger partial charge in [0.1, 0.15) is 4.88 Å². The summed E-state index contributed by atoms with van der Waals surface area (Å²) in [5.74, 6) is -0.997. The number of aromatic carboxylic acids is 1. The highest BCUT2D eigenvalue weighted by atomic mass is 32.1. The van der Waals surface area contributed by atoms with Crippen LogP contribution >= 0.6 is 24.0 Å². The van der Waals surface area contributed by atoms with Gasteiger partial charge in [0.25, 0.3) is 0 Å². The van der Waals surface area contributed by atoms with Gasteiger partial charge >= 0.3 is 5.97 Å². The molecule has 1 heterocycles. The number of carboxylic acid groups (broad SMARTS) is 1. The molecule has 1 aromatic carbocycles. The quantitative estimate of drug-likeness (QED) is 0.685. The molecular formula is C11H11NO2S2. The molecule has 1 aromatic heterocycles. The van der Waals surface area contributed by atoms with Crippen LogP contribution in [0.1, 0.15) is 9.67 Å². The highest BCUT2D eigenvalue weighted by Gasteiger charge is 2.11. The molecule has 0 unspecified atom stereocenters. The molecule has 2 aromatic rings. The van der Waals surface area contributed by atoms with Gasteiger partial charge in [-0.1, -0.05) is 36.4 Å². The van der Waals surface area contributed by atoms with Crippen LogP contribution in [0, 0.1) is 0 Å². The van der Waals surface area contributed by atoms with E-state index in [1.54, 1.807) is 5.38 Å². The van der Waals surface area contributed by atoms with Crippen molar-refractivity contribution in [3.63, 3.8) is 0 Å². The molecule has 3 nitrogen and oxygen atoms in total. The maximum Gasteiger partial charge on any atom is 0.348 e. The number of thiophene rings is 1. The summed E-state index contributed by atoms with van der Waals surface area (Å²) in [6, 6.07) is 12.0. The van der Waals surface area contributed by atoms with E-state index in [0.29, 0.717) is 4.90 Å². The Hall–Kier alpha value is -1.46. The fourth-order valence-electron chi connectivity index (χ4n) is 0.909. The van der Waals surface area contributed by atoms with E-state index < -0.39 is 5.97 Å². The van der Waals surface area contributed by atoms with Crippen LogP contribution < -0.4 is 5.73 Å². The van der Waals surface area contributed by atoms with Crippen molar-refractivity contribution < 1.29 is 9.90 Å². The first kappa shape index (κ1) is 12.6. The first-order valence-corrected chi connectivity index (χ1v) is 5.75. The van der Waals surface area contributed by atoms with Crippen molar-refractivity contribution in [1.82, 2.24) is 0 Å². The summed E-state index contributed by atoms with van der Waals surface area (Å²) in [6.07, 6.45) is 0. The van der Waals surface area contributed by atoms with Gasteiger partial charge in [0.15, 0.2) is 0 Å². The highest BCUT2D eigenvalue weighted by Crippen LogP contribution is 2.27. The molecule has 0 saturated carbocycles. The van der Waals surface area contributed by atoms with Gasteiger partial charge < -0.3 is 10.8 Å². The molecule has 0 aliphatic carbocycles. The maximum atomic E-state index is 10.3. The number of benzene rings is 1. The molecule has 0 aliphatic rings. The predicted molar refractivity (Wildman–Crippen MR) is 69.4 cm³/mol. The van der Waals surface area contributed by atoms with Crippen LogP contribution in [0.25, 0.3) is 0 Å². The second-order valence-corrected chi connectivity index (χ2v) is 4.19. The summed E-state index contributed by atoms with van der Waals surface area (Å²) < 4.78 is 0. The molecule has 0 saturated heterocycles. The largest absolute Gasteiger partial charge is 0.477 e. The Labute approximate surface area is 103 Å². The molecule has 0 spiro atoms. The maximum absolute atomic E-state index is 10.3. The molecule has 3 N–H and O–H groups in total. The minimum absolute atomic E-state index is 0.157. The summed E-state index contributed by atoms with van der Waals surface area (Å²) in [5, 5.41) is 10.1. The van der Waals surface area contributed by atoms with Crippen molar-refractivity contribution in [2.75, 3.05) is 5.73 Å². The average molecular weight is 253 g/mol. The van der Waals surface area contributed by atoms with Crippen LogP contribution in [0.5, 0.6) is 0 Å². The molecule has 0 fully saturated rings. The molecule has 0 bridgehead atoms. The Kier molecular flexibility index (Phi) is 4.88. The zero-order chi connectivity index (χ0) is 12.0. The molecule has 0 amide bonds. The summed E-state index contributed by atoms with van der Waals surface area (Å²) in [6.45, 7) is 0. The molecule has 0 aliphatic heterocycles.